The number of Topliss-reactive ketones (excluding diaryl/α,β-unsaturated/α-hetero) is 2. The highest BCUT2D eigenvalue weighted by Gasteiger charge is 2.45. The minimum absolute atomic E-state index is 0.0868. The van der Waals surface area contributed by atoms with E-state index in [4.69, 9.17) is 9.47 Å². The molecular weight excluding hydrogens is 701 g/mol. The lowest BCUT2D eigenvalue weighted by Crippen LogP contribution is -2.46. The second-order valence-corrected chi connectivity index (χ2v) is 21.2. The summed E-state index contributed by atoms with van der Waals surface area (Å²) in [4.78, 5) is 50.2. The van der Waals surface area contributed by atoms with Gasteiger partial charge in [0.25, 0.3) is 0 Å². The van der Waals surface area contributed by atoms with E-state index < -0.39 is 34.5 Å². The van der Waals surface area contributed by atoms with E-state index in [0.29, 0.717) is 37.5 Å². The van der Waals surface area contributed by atoms with E-state index in [0.717, 1.165) is 59.1 Å². The molecular formula is C48H74N2O6. The van der Waals surface area contributed by atoms with Crippen molar-refractivity contribution in [2.75, 3.05) is 0 Å². The number of carbonyl (C=O) groups excluding carboxylic acids is 4. The standard InChI is InChI=1S/2C24H37NO3/c2*1-15(2)17-10-11-24(9)14-19(26)20(18(24)12-17)16(3)13-23(7,8)25-21(27)28-22(4,5)6/h2*12,15H,3,10-11,13-14H2,1-2,4-9H3,(H,25,27)/t2*24-/m00/s1. The zero-order chi connectivity index (χ0) is 43.0. The minimum Gasteiger partial charge on any atom is -0.444 e. The maximum atomic E-state index is 12.9. The van der Waals surface area contributed by atoms with Gasteiger partial charge in [-0.3, -0.25) is 9.59 Å². The van der Waals surface area contributed by atoms with Crippen LogP contribution in [-0.2, 0) is 19.1 Å². The van der Waals surface area contributed by atoms with Crippen LogP contribution in [0, 0.1) is 22.7 Å². The molecule has 8 heteroatoms. The summed E-state index contributed by atoms with van der Waals surface area (Å²) in [6.07, 6.45) is 9.81. The first-order chi connectivity index (χ1) is 25.3. The zero-order valence-corrected chi connectivity index (χ0v) is 37.8. The maximum Gasteiger partial charge on any atom is 0.408 e. The van der Waals surface area contributed by atoms with Gasteiger partial charge in [-0.25, -0.2) is 9.59 Å². The fraction of sp³-hybridized carbons (Fsp3) is 0.667. The van der Waals surface area contributed by atoms with Crippen molar-refractivity contribution in [2.45, 2.75) is 184 Å². The first kappa shape index (κ1) is 46.7. The van der Waals surface area contributed by atoms with Gasteiger partial charge in [-0.05, 0) is 142 Å². The Labute approximate surface area is 339 Å². The van der Waals surface area contributed by atoms with Crippen LogP contribution in [0.3, 0.4) is 0 Å². The van der Waals surface area contributed by atoms with Gasteiger partial charge in [0.2, 0.25) is 0 Å². The van der Waals surface area contributed by atoms with E-state index in [9.17, 15) is 19.2 Å². The van der Waals surface area contributed by atoms with Crippen LogP contribution in [0.15, 0.2) is 69.9 Å². The zero-order valence-electron chi connectivity index (χ0n) is 37.8. The van der Waals surface area contributed by atoms with Gasteiger partial charge in [0.05, 0.1) is 0 Å². The number of hydrogen-bond acceptors (Lipinski definition) is 6. The molecule has 2 atom stereocenters. The fourth-order valence-corrected chi connectivity index (χ4v) is 8.45. The quantitative estimate of drug-likeness (QED) is 0.229. The molecule has 2 N–H and O–H groups in total. The van der Waals surface area contributed by atoms with Gasteiger partial charge in [-0.1, -0.05) is 78.0 Å². The van der Waals surface area contributed by atoms with Crippen molar-refractivity contribution in [3.63, 3.8) is 0 Å². The predicted molar refractivity (Wildman–Crippen MR) is 228 cm³/mol. The number of carbonyl (C=O) groups is 4. The Morgan fingerprint density at radius 2 is 0.946 bits per heavy atom. The molecule has 4 aliphatic rings. The summed E-state index contributed by atoms with van der Waals surface area (Å²) in [5, 5.41) is 5.84. The van der Waals surface area contributed by atoms with Crippen LogP contribution in [0.25, 0.3) is 0 Å². The summed E-state index contributed by atoms with van der Waals surface area (Å²) in [6.45, 7) is 40.4. The van der Waals surface area contributed by atoms with E-state index in [1.54, 1.807) is 0 Å². The highest BCUT2D eigenvalue weighted by molar-refractivity contribution is 6.05. The molecule has 4 rings (SSSR count). The van der Waals surface area contributed by atoms with Crippen molar-refractivity contribution in [3.8, 4) is 0 Å². The second-order valence-electron chi connectivity index (χ2n) is 21.2. The number of fused-ring (bicyclic) bond motifs is 2. The summed E-state index contributed by atoms with van der Waals surface area (Å²) in [6, 6.07) is 0. The van der Waals surface area contributed by atoms with E-state index >= 15 is 0 Å². The van der Waals surface area contributed by atoms with E-state index in [-0.39, 0.29) is 22.4 Å². The number of rotatable bonds is 10. The van der Waals surface area contributed by atoms with Crippen molar-refractivity contribution in [1.29, 1.82) is 0 Å². The first-order valence-electron chi connectivity index (χ1n) is 20.6. The molecule has 0 aliphatic heterocycles. The van der Waals surface area contributed by atoms with Crippen LogP contribution >= 0.6 is 0 Å². The second kappa shape index (κ2) is 16.7. The third-order valence-corrected chi connectivity index (χ3v) is 11.3. The molecule has 0 heterocycles. The molecule has 0 spiro atoms. The highest BCUT2D eigenvalue weighted by Crippen LogP contribution is 2.53. The monoisotopic (exact) mass is 775 g/mol. The molecule has 56 heavy (non-hydrogen) atoms. The number of nitrogens with one attached hydrogen (secondary N) is 2. The van der Waals surface area contributed by atoms with Gasteiger partial charge in [0.1, 0.15) is 11.2 Å². The first-order valence-corrected chi connectivity index (χ1v) is 20.6. The van der Waals surface area contributed by atoms with Gasteiger partial charge in [-0.2, -0.15) is 0 Å². The summed E-state index contributed by atoms with van der Waals surface area (Å²) < 4.78 is 10.8. The summed E-state index contributed by atoms with van der Waals surface area (Å²) >= 11 is 0. The number of ketones is 2. The topological polar surface area (TPSA) is 111 Å². The lowest BCUT2D eigenvalue weighted by molar-refractivity contribution is -0.116. The summed E-state index contributed by atoms with van der Waals surface area (Å²) in [7, 11) is 0. The molecule has 312 valence electrons. The minimum atomic E-state index is -0.564. The average molecular weight is 775 g/mol. The van der Waals surface area contributed by atoms with Crippen LogP contribution < -0.4 is 10.6 Å². The SMILES string of the molecule is C=C(CC(C)(C)NC(=O)OC(C)(C)C)C1=C2C=C(C(C)C)CC[C@@]2(C)CC1=O.C=C(CC(C)(C)NC(=O)OC(C)(C)C)C1=C2C=C(C(C)C)CC[C@@]2(C)CC1=O. The van der Waals surface area contributed by atoms with Gasteiger partial charge < -0.3 is 20.1 Å². The van der Waals surface area contributed by atoms with Crippen molar-refractivity contribution >= 4 is 23.8 Å². The normalized spacial score (nSPS) is 22.9. The molecule has 0 bridgehead atoms. The Morgan fingerprint density at radius 3 is 1.21 bits per heavy atom. The van der Waals surface area contributed by atoms with Gasteiger partial charge in [0, 0.05) is 45.9 Å². The van der Waals surface area contributed by atoms with E-state index in [1.165, 1.54) is 11.1 Å². The van der Waals surface area contributed by atoms with Crippen molar-refractivity contribution in [3.05, 3.63) is 69.9 Å². The van der Waals surface area contributed by atoms with Crippen LogP contribution in [0.4, 0.5) is 9.59 Å². The molecule has 4 aliphatic carbocycles. The number of amides is 2. The largest absolute Gasteiger partial charge is 0.444 e. The number of hydrogen-bond donors (Lipinski definition) is 2. The molecule has 2 amide bonds. The third kappa shape index (κ3) is 12.2. The Morgan fingerprint density at radius 1 is 0.643 bits per heavy atom. The van der Waals surface area contributed by atoms with Crippen LogP contribution in [-0.4, -0.2) is 46.0 Å². The number of allylic oxidation sites excluding steroid dienone is 8. The van der Waals surface area contributed by atoms with Gasteiger partial charge in [0.15, 0.2) is 11.6 Å². The van der Waals surface area contributed by atoms with Crippen molar-refractivity contribution in [1.82, 2.24) is 10.6 Å². The summed E-state index contributed by atoms with van der Waals surface area (Å²) in [5.74, 6) is 1.31. The molecule has 0 aromatic heterocycles. The molecule has 0 saturated heterocycles. The molecule has 0 aromatic carbocycles. The lowest BCUT2D eigenvalue weighted by atomic mass is 9.71. The van der Waals surface area contributed by atoms with E-state index in [1.807, 2.05) is 69.2 Å². The maximum absolute atomic E-state index is 12.9. The molecule has 0 radical (unpaired) electrons. The molecule has 0 fully saturated rings. The molecule has 0 saturated carbocycles. The highest BCUT2D eigenvalue weighted by atomic mass is 16.6. The lowest BCUT2D eigenvalue weighted by Gasteiger charge is -2.33. The molecule has 8 nitrogen and oxygen atoms in total. The predicted octanol–water partition coefficient (Wildman–Crippen LogP) is 11.8. The Bertz CT molecular complexity index is 1620. The number of alkyl carbamates (subject to hydrolysis) is 2. The van der Waals surface area contributed by atoms with Gasteiger partial charge >= 0.3 is 12.2 Å². The van der Waals surface area contributed by atoms with E-state index in [2.05, 4.69) is 77.5 Å². The Kier molecular flexibility index (Phi) is 13.9. The van der Waals surface area contributed by atoms with Gasteiger partial charge in [-0.15, -0.1) is 0 Å². The van der Waals surface area contributed by atoms with Crippen LogP contribution in [0.2, 0.25) is 0 Å². The van der Waals surface area contributed by atoms with Crippen molar-refractivity contribution < 1.29 is 28.7 Å². The third-order valence-electron chi connectivity index (χ3n) is 11.3. The Balaban J connectivity index is 0.000000300. The van der Waals surface area contributed by atoms with Crippen LogP contribution in [0.5, 0.6) is 0 Å². The smallest absolute Gasteiger partial charge is 0.408 e. The summed E-state index contributed by atoms with van der Waals surface area (Å²) in [5.41, 5.74) is 5.84. The molecule has 0 unspecified atom stereocenters. The van der Waals surface area contributed by atoms with Crippen molar-refractivity contribution in [2.24, 2.45) is 22.7 Å². The molecule has 0 aromatic rings. The Hall–Kier alpha value is -3.68. The van der Waals surface area contributed by atoms with Crippen LogP contribution in [0.1, 0.15) is 162 Å². The number of ether oxygens (including phenoxy) is 2. The fourth-order valence-electron chi connectivity index (χ4n) is 8.45. The average Bonchev–Trinajstić information content (AvgIpc) is 3.39.